The number of esters is 1. The van der Waals surface area contributed by atoms with Crippen LogP contribution in [0.25, 0.3) is 11.0 Å². The highest BCUT2D eigenvalue weighted by Gasteiger charge is 2.12. The highest BCUT2D eigenvalue weighted by Crippen LogP contribution is 2.08. The average Bonchev–Trinajstić information content (AvgIpc) is 2.65. The van der Waals surface area contributed by atoms with Gasteiger partial charge in [0.15, 0.2) is 12.4 Å². The van der Waals surface area contributed by atoms with Crippen molar-refractivity contribution >= 4 is 22.8 Å². The summed E-state index contributed by atoms with van der Waals surface area (Å²) in [5.41, 5.74) is 1.37. The molecule has 0 aliphatic rings. The van der Waals surface area contributed by atoms with E-state index in [0.29, 0.717) is 11.0 Å². The third-order valence-electron chi connectivity index (χ3n) is 3.77. The quantitative estimate of drug-likeness (QED) is 0.542. The summed E-state index contributed by atoms with van der Waals surface area (Å²) < 4.78 is 17.7. The summed E-state index contributed by atoms with van der Waals surface area (Å²) in [5, 5.41) is 0. The Balaban J connectivity index is 1.56. The summed E-state index contributed by atoms with van der Waals surface area (Å²) in [6, 6.07) is 12.0. The van der Waals surface area contributed by atoms with Gasteiger partial charge in [-0.2, -0.15) is 0 Å². The number of Topliss-reactive ketones (excluding diaryl/α,β-unsaturated/α-hetero) is 1. The molecule has 7 heteroatoms. The SMILES string of the molecule is O=C(CCc1nc2ccccc2[nH]c1=O)OCC(=O)c1ccc(F)cc1. The van der Waals surface area contributed by atoms with E-state index in [1.807, 2.05) is 0 Å². The molecule has 132 valence electrons. The number of nitrogens with zero attached hydrogens (tertiary/aromatic N) is 1. The van der Waals surface area contributed by atoms with Crippen molar-refractivity contribution in [3.8, 4) is 0 Å². The van der Waals surface area contributed by atoms with Crippen LogP contribution < -0.4 is 5.56 Å². The minimum Gasteiger partial charge on any atom is -0.457 e. The molecule has 0 saturated carbocycles. The molecule has 3 rings (SSSR count). The van der Waals surface area contributed by atoms with Crippen LogP contribution in [0.5, 0.6) is 0 Å². The van der Waals surface area contributed by atoms with Crippen LogP contribution in [-0.4, -0.2) is 28.3 Å². The Labute approximate surface area is 147 Å². The molecule has 0 bridgehead atoms. The topological polar surface area (TPSA) is 89.1 Å². The lowest BCUT2D eigenvalue weighted by molar-refractivity contribution is -0.142. The van der Waals surface area contributed by atoms with E-state index in [9.17, 15) is 18.8 Å². The predicted molar refractivity (Wildman–Crippen MR) is 92.4 cm³/mol. The minimum atomic E-state index is -0.616. The molecule has 0 atom stereocenters. The number of aromatic nitrogens is 2. The molecular weight excluding hydrogens is 339 g/mol. The lowest BCUT2D eigenvalue weighted by Crippen LogP contribution is -2.18. The molecule has 1 heterocycles. The van der Waals surface area contributed by atoms with Crippen molar-refractivity contribution < 1.29 is 18.7 Å². The highest BCUT2D eigenvalue weighted by molar-refractivity contribution is 5.97. The zero-order valence-corrected chi connectivity index (χ0v) is 13.7. The van der Waals surface area contributed by atoms with E-state index in [0.717, 1.165) is 12.1 Å². The Morgan fingerprint density at radius 1 is 1.08 bits per heavy atom. The van der Waals surface area contributed by atoms with Gasteiger partial charge in [-0.15, -0.1) is 0 Å². The number of carbonyl (C=O) groups is 2. The van der Waals surface area contributed by atoms with Crippen molar-refractivity contribution in [1.82, 2.24) is 9.97 Å². The number of para-hydroxylation sites is 2. The van der Waals surface area contributed by atoms with Gasteiger partial charge in [0.1, 0.15) is 11.5 Å². The predicted octanol–water partition coefficient (Wildman–Crippen LogP) is 2.42. The summed E-state index contributed by atoms with van der Waals surface area (Å²) in [7, 11) is 0. The van der Waals surface area contributed by atoms with E-state index >= 15 is 0 Å². The zero-order chi connectivity index (χ0) is 18.5. The third-order valence-corrected chi connectivity index (χ3v) is 3.77. The smallest absolute Gasteiger partial charge is 0.306 e. The van der Waals surface area contributed by atoms with Gasteiger partial charge in [-0.1, -0.05) is 12.1 Å². The van der Waals surface area contributed by atoms with Crippen molar-refractivity contribution in [2.75, 3.05) is 6.61 Å². The van der Waals surface area contributed by atoms with E-state index < -0.39 is 24.2 Å². The number of benzene rings is 2. The number of aromatic amines is 1. The zero-order valence-electron chi connectivity index (χ0n) is 13.7. The summed E-state index contributed by atoms with van der Waals surface area (Å²) in [4.78, 5) is 42.6. The molecule has 6 nitrogen and oxygen atoms in total. The maximum atomic E-state index is 12.8. The molecule has 1 N–H and O–H groups in total. The Morgan fingerprint density at radius 2 is 1.81 bits per heavy atom. The summed E-state index contributed by atoms with van der Waals surface area (Å²) in [6.07, 6.45) is 0.0227. The van der Waals surface area contributed by atoms with Crippen molar-refractivity contribution in [3.63, 3.8) is 0 Å². The normalized spacial score (nSPS) is 10.7. The number of hydrogen-bond acceptors (Lipinski definition) is 5. The fraction of sp³-hybridized carbons (Fsp3) is 0.158. The Bertz CT molecular complexity index is 1010. The molecule has 0 aliphatic heterocycles. The molecule has 1 aromatic heterocycles. The number of fused-ring (bicyclic) bond motifs is 1. The van der Waals surface area contributed by atoms with Crippen LogP contribution in [0, 0.1) is 5.82 Å². The van der Waals surface area contributed by atoms with Crippen molar-refractivity contribution in [1.29, 1.82) is 0 Å². The Morgan fingerprint density at radius 3 is 2.58 bits per heavy atom. The van der Waals surface area contributed by atoms with E-state index in [1.54, 1.807) is 24.3 Å². The largest absolute Gasteiger partial charge is 0.457 e. The molecule has 26 heavy (non-hydrogen) atoms. The first-order chi connectivity index (χ1) is 12.5. The molecule has 2 aromatic carbocycles. The lowest BCUT2D eigenvalue weighted by Gasteiger charge is -2.05. The van der Waals surface area contributed by atoms with Crippen LogP contribution in [-0.2, 0) is 16.0 Å². The van der Waals surface area contributed by atoms with Gasteiger partial charge in [0.05, 0.1) is 17.5 Å². The number of hydrogen-bond donors (Lipinski definition) is 1. The van der Waals surface area contributed by atoms with Gasteiger partial charge < -0.3 is 9.72 Å². The van der Waals surface area contributed by atoms with Crippen LogP contribution in [0.1, 0.15) is 22.5 Å². The molecule has 0 fully saturated rings. The van der Waals surface area contributed by atoms with E-state index in [4.69, 9.17) is 4.74 Å². The van der Waals surface area contributed by atoms with Gasteiger partial charge in [-0.25, -0.2) is 9.37 Å². The van der Waals surface area contributed by atoms with Gasteiger partial charge in [-0.05, 0) is 36.4 Å². The molecule has 0 radical (unpaired) electrons. The molecule has 0 amide bonds. The van der Waals surface area contributed by atoms with Crippen LogP contribution in [0.4, 0.5) is 4.39 Å². The lowest BCUT2D eigenvalue weighted by atomic mass is 10.1. The van der Waals surface area contributed by atoms with E-state index in [-0.39, 0.29) is 29.7 Å². The van der Waals surface area contributed by atoms with E-state index in [1.165, 1.54) is 12.1 Å². The fourth-order valence-electron chi connectivity index (χ4n) is 2.39. The van der Waals surface area contributed by atoms with Gasteiger partial charge in [-0.3, -0.25) is 14.4 Å². The number of rotatable bonds is 6. The second-order valence-electron chi connectivity index (χ2n) is 5.62. The summed E-state index contributed by atoms with van der Waals surface area (Å²) in [6.45, 7) is -0.439. The maximum Gasteiger partial charge on any atom is 0.306 e. The number of H-pyrrole nitrogens is 1. The van der Waals surface area contributed by atoms with Crippen molar-refractivity contribution in [2.45, 2.75) is 12.8 Å². The second-order valence-corrected chi connectivity index (χ2v) is 5.62. The molecular formula is C19H15FN2O4. The molecule has 0 aliphatic carbocycles. The summed E-state index contributed by atoms with van der Waals surface area (Å²) >= 11 is 0. The number of halogens is 1. The van der Waals surface area contributed by atoms with Crippen LogP contribution in [0.3, 0.4) is 0 Å². The molecule has 0 spiro atoms. The first-order valence-electron chi connectivity index (χ1n) is 7.95. The maximum absolute atomic E-state index is 12.8. The molecule has 3 aromatic rings. The average molecular weight is 354 g/mol. The van der Waals surface area contributed by atoms with Gasteiger partial charge >= 0.3 is 5.97 Å². The van der Waals surface area contributed by atoms with Crippen LogP contribution in [0.2, 0.25) is 0 Å². The minimum absolute atomic E-state index is 0.0783. The molecule has 0 saturated heterocycles. The number of aryl methyl sites for hydroxylation is 1. The van der Waals surface area contributed by atoms with Crippen LogP contribution in [0.15, 0.2) is 53.3 Å². The first kappa shape index (κ1) is 17.5. The monoisotopic (exact) mass is 354 g/mol. The summed E-state index contributed by atoms with van der Waals surface area (Å²) in [5.74, 6) is -1.50. The first-order valence-corrected chi connectivity index (χ1v) is 7.95. The van der Waals surface area contributed by atoms with E-state index in [2.05, 4.69) is 9.97 Å². The van der Waals surface area contributed by atoms with Gasteiger partial charge in [0.25, 0.3) is 5.56 Å². The Hall–Kier alpha value is -3.35. The van der Waals surface area contributed by atoms with Gasteiger partial charge in [0, 0.05) is 12.0 Å². The standard InChI is InChI=1S/C19H15FN2O4/c20-13-7-5-12(6-8-13)17(23)11-26-18(24)10-9-16-19(25)22-15-4-2-1-3-14(15)21-16/h1-8H,9-11H2,(H,22,25). The number of ketones is 1. The number of carbonyl (C=O) groups excluding carboxylic acids is 2. The third kappa shape index (κ3) is 4.18. The highest BCUT2D eigenvalue weighted by atomic mass is 19.1. The van der Waals surface area contributed by atoms with Gasteiger partial charge in [0.2, 0.25) is 0 Å². The van der Waals surface area contributed by atoms with Crippen molar-refractivity contribution in [3.05, 3.63) is 76.0 Å². The van der Waals surface area contributed by atoms with Crippen molar-refractivity contribution in [2.24, 2.45) is 0 Å². The Kier molecular flexibility index (Phi) is 5.17. The van der Waals surface area contributed by atoms with Crippen LogP contribution >= 0.6 is 0 Å². The fourth-order valence-corrected chi connectivity index (χ4v) is 2.39. The number of nitrogens with one attached hydrogen (secondary N) is 1. The second kappa shape index (κ2) is 7.69. The molecule has 0 unspecified atom stereocenters. The number of ether oxygens (including phenoxy) is 1.